The van der Waals surface area contributed by atoms with E-state index in [0.717, 1.165) is 0 Å². The average Bonchev–Trinajstić information content (AvgIpc) is 1.64. The van der Waals surface area contributed by atoms with E-state index in [1.807, 2.05) is 0 Å². The summed E-state index contributed by atoms with van der Waals surface area (Å²) in [7, 11) is 0. The van der Waals surface area contributed by atoms with E-state index >= 15 is 0 Å². The lowest BCUT2D eigenvalue weighted by atomic mass is 9.86. The van der Waals surface area contributed by atoms with Gasteiger partial charge >= 0.3 is 0 Å². The van der Waals surface area contributed by atoms with Gasteiger partial charge in [-0.15, -0.1) is 0 Å². The fourth-order valence-electron chi connectivity index (χ4n) is 20.9. The van der Waals surface area contributed by atoms with Crippen LogP contribution in [0.5, 0.6) is 0 Å². The zero-order valence-corrected chi connectivity index (χ0v) is 75.1. The maximum absolute atomic E-state index is 2.40. The molecular weight excluding hydrogens is 1620 g/mol. The Bertz CT molecular complexity index is 9040. The standard InChI is InChI=1S/C45H31N.C44H29N.C42H33N/c1-30-10-9-12-33(26-30)35-23-25-45-43(28-35)42-27-34(22-24-44(42)46(45)37-13-3-2-4-14-37)31-18-20-32(21-19-31)41-29-36-11-5-6-15-38(36)39-16-7-8-17-40(39)41;1-3-11-30(12-4-1)33-23-25-43-41(27-33)42-28-34(24-26-44(42)45(43)36-14-5-2-6-15-36)31-19-21-32(22-20-31)40-29-35-13-7-8-16-37(35)38-17-9-10-18-39(38)40;1-42(2,3)32-22-24-41-39(27-32)38-25-30(21-23-40(38)43(41)33-12-5-4-6-13-33)28-17-19-29(20-18-28)37-26-31-11-7-8-14-34(31)35-15-9-10-16-36(35)37/h2-29H,1H3;1-29H;4-27H,1-3H3. The van der Waals surface area contributed by atoms with Gasteiger partial charge in [-0.1, -0.05) is 390 Å². The largest absolute Gasteiger partial charge is 0.309 e. The van der Waals surface area contributed by atoms with Crippen LogP contribution in [-0.4, -0.2) is 13.7 Å². The van der Waals surface area contributed by atoms with Gasteiger partial charge in [0.1, 0.15) is 0 Å². The van der Waals surface area contributed by atoms with E-state index in [1.165, 1.54) is 247 Å². The number of hydrogen-bond donors (Lipinski definition) is 0. The highest BCUT2D eigenvalue weighted by Crippen LogP contribution is 2.46. The quantitative estimate of drug-likeness (QED) is 0.115. The number of aromatic nitrogens is 3. The molecule has 0 bridgehead atoms. The summed E-state index contributed by atoms with van der Waals surface area (Å²) in [5.41, 5.74) is 33.3. The predicted molar refractivity (Wildman–Crippen MR) is 574 cm³/mol. The van der Waals surface area contributed by atoms with Crippen molar-refractivity contribution in [2.24, 2.45) is 0 Å². The van der Waals surface area contributed by atoms with Gasteiger partial charge < -0.3 is 13.7 Å². The van der Waals surface area contributed by atoms with Crippen LogP contribution in [0.4, 0.5) is 0 Å². The van der Waals surface area contributed by atoms with Crippen molar-refractivity contribution in [3.8, 4) is 106 Å². The van der Waals surface area contributed by atoms with Crippen molar-refractivity contribution in [1.82, 2.24) is 13.7 Å². The Labute approximate surface area is 779 Å². The van der Waals surface area contributed by atoms with Gasteiger partial charge in [-0.3, -0.25) is 0 Å². The fraction of sp³-hybridized carbons (Fsp3) is 0.0382. The van der Waals surface area contributed by atoms with E-state index in [9.17, 15) is 0 Å². The highest BCUT2D eigenvalue weighted by Gasteiger charge is 2.23. The number of nitrogens with zero attached hydrogens (tertiary/aromatic N) is 3. The zero-order valence-electron chi connectivity index (χ0n) is 75.1. The molecule has 0 aliphatic rings. The molecule has 26 aromatic rings. The summed E-state index contributed by atoms with van der Waals surface area (Å²) in [6.07, 6.45) is 0. The van der Waals surface area contributed by atoms with Crippen molar-refractivity contribution in [3.63, 3.8) is 0 Å². The van der Waals surface area contributed by atoms with E-state index in [-0.39, 0.29) is 5.41 Å². The minimum Gasteiger partial charge on any atom is -0.309 e. The molecule has 0 fully saturated rings. The van der Waals surface area contributed by atoms with Gasteiger partial charge in [-0.2, -0.15) is 0 Å². The van der Waals surface area contributed by atoms with Crippen LogP contribution in [0.25, 0.3) is 236 Å². The van der Waals surface area contributed by atoms with Crippen LogP contribution in [-0.2, 0) is 5.41 Å². The second kappa shape index (κ2) is 33.5. The molecule has 0 radical (unpaired) electrons. The lowest BCUT2D eigenvalue weighted by molar-refractivity contribution is 0.591. The highest BCUT2D eigenvalue weighted by atomic mass is 15.0. The van der Waals surface area contributed by atoms with E-state index in [4.69, 9.17) is 0 Å². The second-order valence-electron chi connectivity index (χ2n) is 36.7. The summed E-state index contributed by atoms with van der Waals surface area (Å²) in [5, 5.41) is 23.1. The summed E-state index contributed by atoms with van der Waals surface area (Å²) >= 11 is 0. The number of benzene rings is 23. The first kappa shape index (κ1) is 80.3. The molecular formula is C131H93N3. The monoisotopic (exact) mass is 1710 g/mol. The molecule has 3 nitrogen and oxygen atoms in total. The van der Waals surface area contributed by atoms with Crippen molar-refractivity contribution in [2.45, 2.75) is 33.1 Å². The molecule has 0 N–H and O–H groups in total. The van der Waals surface area contributed by atoms with Crippen molar-refractivity contribution in [3.05, 3.63) is 503 Å². The molecule has 0 spiro atoms. The van der Waals surface area contributed by atoms with Crippen LogP contribution in [0.2, 0.25) is 0 Å². The first-order valence-electron chi connectivity index (χ1n) is 46.6. The van der Waals surface area contributed by atoms with Crippen molar-refractivity contribution in [2.75, 3.05) is 0 Å². The molecule has 632 valence electrons. The number of para-hydroxylation sites is 3. The van der Waals surface area contributed by atoms with E-state index < -0.39 is 0 Å². The molecule has 0 saturated heterocycles. The maximum Gasteiger partial charge on any atom is 0.0541 e. The molecule has 0 saturated carbocycles. The van der Waals surface area contributed by atoms with E-state index in [2.05, 4.69) is 533 Å². The summed E-state index contributed by atoms with van der Waals surface area (Å²) in [6.45, 7) is 9.02. The topological polar surface area (TPSA) is 14.8 Å². The molecule has 0 unspecified atom stereocenters. The highest BCUT2D eigenvalue weighted by molar-refractivity contribution is 6.19. The average molecular weight is 1710 g/mol. The zero-order chi connectivity index (χ0) is 89.5. The Morgan fingerprint density at radius 1 is 0.149 bits per heavy atom. The Morgan fingerprint density at radius 2 is 0.373 bits per heavy atom. The Morgan fingerprint density at radius 3 is 0.679 bits per heavy atom. The summed E-state index contributed by atoms with van der Waals surface area (Å²) in [5.74, 6) is 0. The molecule has 3 aromatic heterocycles. The van der Waals surface area contributed by atoms with Crippen LogP contribution in [0.3, 0.4) is 0 Å². The summed E-state index contributed by atoms with van der Waals surface area (Å²) in [4.78, 5) is 0. The SMILES string of the molecule is CC(C)(C)c1ccc2c(c1)c1cc(-c3ccc(-c4cc5ccccc5c5ccccc45)cc3)ccc1n2-c1ccccc1.Cc1cccc(-c2ccc3c(c2)c2cc(-c4ccc(-c5cc6ccccc6c6ccccc56)cc4)ccc2n3-c2ccccc2)c1.c1ccc(-c2ccc3c(c2)c2cc(-c4ccc(-c5cc6ccccc6c6ccccc56)cc4)ccc2n3-c2ccccc2)cc1. The third-order valence-corrected chi connectivity index (χ3v) is 27.6. The number of hydrogen-bond acceptors (Lipinski definition) is 0. The van der Waals surface area contributed by atoms with Crippen molar-refractivity contribution < 1.29 is 0 Å². The second-order valence-corrected chi connectivity index (χ2v) is 36.7. The first-order valence-corrected chi connectivity index (χ1v) is 46.6. The Kier molecular flexibility index (Phi) is 20.1. The molecule has 0 atom stereocenters. The van der Waals surface area contributed by atoms with Gasteiger partial charge in [0, 0.05) is 49.4 Å². The summed E-state index contributed by atoms with van der Waals surface area (Å²) < 4.78 is 7.17. The lowest BCUT2D eigenvalue weighted by Crippen LogP contribution is -2.10. The minimum absolute atomic E-state index is 0.0791. The van der Waals surface area contributed by atoms with Gasteiger partial charge in [0.15, 0.2) is 0 Å². The smallest absolute Gasteiger partial charge is 0.0541 e. The van der Waals surface area contributed by atoms with Gasteiger partial charge in [-0.25, -0.2) is 0 Å². The molecule has 26 rings (SSSR count). The van der Waals surface area contributed by atoms with Crippen LogP contribution in [0.1, 0.15) is 31.9 Å². The van der Waals surface area contributed by atoms with E-state index in [1.54, 1.807) is 0 Å². The van der Waals surface area contributed by atoms with Gasteiger partial charge in [-0.05, 0) is 299 Å². The third kappa shape index (κ3) is 14.5. The van der Waals surface area contributed by atoms with Crippen molar-refractivity contribution >= 4 is 130 Å². The Hall–Kier alpha value is -17.0. The minimum atomic E-state index is 0.0791. The fourth-order valence-corrected chi connectivity index (χ4v) is 20.9. The molecule has 3 heteroatoms. The number of aryl methyl sites for hydroxylation is 1. The van der Waals surface area contributed by atoms with E-state index in [0.29, 0.717) is 0 Å². The van der Waals surface area contributed by atoms with Gasteiger partial charge in [0.05, 0.1) is 33.1 Å². The van der Waals surface area contributed by atoms with Crippen LogP contribution in [0, 0.1) is 6.92 Å². The van der Waals surface area contributed by atoms with Gasteiger partial charge in [0.2, 0.25) is 0 Å². The summed E-state index contributed by atoms with van der Waals surface area (Å²) in [6, 6.07) is 180. The molecule has 23 aromatic carbocycles. The van der Waals surface area contributed by atoms with Crippen LogP contribution in [0.15, 0.2) is 491 Å². The van der Waals surface area contributed by atoms with Gasteiger partial charge in [0.25, 0.3) is 0 Å². The first-order chi connectivity index (χ1) is 66.0. The molecule has 0 amide bonds. The Balaban J connectivity index is 0.000000110. The molecule has 134 heavy (non-hydrogen) atoms. The predicted octanol–water partition coefficient (Wildman–Crippen LogP) is 36.2. The van der Waals surface area contributed by atoms with Crippen LogP contribution < -0.4 is 0 Å². The lowest BCUT2D eigenvalue weighted by Gasteiger charge is -2.19. The van der Waals surface area contributed by atoms with Crippen molar-refractivity contribution in [1.29, 1.82) is 0 Å². The van der Waals surface area contributed by atoms with Crippen LogP contribution >= 0.6 is 0 Å². The molecule has 0 aliphatic heterocycles. The normalized spacial score (nSPS) is 11.7. The molecule has 3 heterocycles. The number of fused-ring (bicyclic) bond motifs is 18. The number of rotatable bonds is 11. The third-order valence-electron chi connectivity index (χ3n) is 27.6. The maximum atomic E-state index is 2.40. The molecule has 0 aliphatic carbocycles.